The van der Waals surface area contributed by atoms with Crippen LogP contribution in [0.25, 0.3) is 0 Å². The van der Waals surface area contributed by atoms with Gasteiger partial charge < -0.3 is 0 Å². The number of carbonyl (C=O) groups is 1. The standard InChI is InChI=1S/C9H9NOSe2/c11-9(10(6-12)7-13)8-4-2-1-3-5-8/h1-5H,6-7H2. The van der Waals surface area contributed by atoms with E-state index in [0.717, 1.165) is 5.56 Å². The number of carbonyl (C=O) groups excluding carboxylic acids is 1. The summed E-state index contributed by atoms with van der Waals surface area (Å²) in [5.74, 6) is 0.0538. The van der Waals surface area contributed by atoms with Gasteiger partial charge in [0, 0.05) is 0 Å². The fraction of sp³-hybridized carbons (Fsp3) is 0.222. The van der Waals surface area contributed by atoms with Crippen molar-refractivity contribution < 1.29 is 4.79 Å². The first-order valence-electron chi connectivity index (χ1n) is 3.80. The molecule has 1 aromatic carbocycles. The fourth-order valence-electron chi connectivity index (χ4n) is 0.918. The van der Waals surface area contributed by atoms with Crippen LogP contribution in [0.2, 0.25) is 0 Å². The second-order valence-corrected chi connectivity index (χ2v) is 3.55. The fourth-order valence-corrected chi connectivity index (χ4v) is 2.38. The van der Waals surface area contributed by atoms with Crippen molar-refractivity contribution in [2.45, 2.75) is 0 Å². The molecular formula is C9H9NOSe2. The molecule has 1 rings (SSSR count). The molecule has 2 radical (unpaired) electrons. The molecule has 0 atom stereocenters. The van der Waals surface area contributed by atoms with Gasteiger partial charge in [-0.3, -0.25) is 0 Å². The van der Waals surface area contributed by atoms with Crippen LogP contribution in [0.1, 0.15) is 10.4 Å². The third-order valence-corrected chi connectivity index (χ3v) is 2.93. The van der Waals surface area contributed by atoms with E-state index in [1.54, 1.807) is 4.90 Å². The Hall–Kier alpha value is -0.271. The van der Waals surface area contributed by atoms with E-state index < -0.39 is 0 Å². The Morgan fingerprint density at radius 2 is 1.69 bits per heavy atom. The van der Waals surface area contributed by atoms with Gasteiger partial charge >= 0.3 is 94.4 Å². The number of hydrogen-bond acceptors (Lipinski definition) is 1. The van der Waals surface area contributed by atoms with Crippen LogP contribution < -0.4 is 0 Å². The predicted molar refractivity (Wildman–Crippen MR) is 53.9 cm³/mol. The molecule has 13 heavy (non-hydrogen) atoms. The van der Waals surface area contributed by atoms with E-state index in [-0.39, 0.29) is 5.91 Å². The molecule has 0 heterocycles. The number of benzene rings is 1. The molecule has 0 aliphatic rings. The summed E-state index contributed by atoms with van der Waals surface area (Å²) >= 11 is 5.66. The van der Waals surface area contributed by atoms with Crippen molar-refractivity contribution in [3.63, 3.8) is 0 Å². The van der Waals surface area contributed by atoms with Gasteiger partial charge in [0.25, 0.3) is 0 Å². The van der Waals surface area contributed by atoms with Crippen molar-refractivity contribution in [1.82, 2.24) is 4.90 Å². The minimum atomic E-state index is 0.0538. The van der Waals surface area contributed by atoms with Crippen molar-refractivity contribution in [2.24, 2.45) is 0 Å². The molecule has 1 amide bonds. The summed E-state index contributed by atoms with van der Waals surface area (Å²) < 4.78 is 0. The molecule has 0 aliphatic heterocycles. The van der Waals surface area contributed by atoms with Crippen LogP contribution in [0.4, 0.5) is 0 Å². The third kappa shape index (κ3) is 2.85. The van der Waals surface area contributed by atoms with Crippen LogP contribution in [0, 0.1) is 0 Å². The summed E-state index contributed by atoms with van der Waals surface area (Å²) in [5, 5.41) is 0. The van der Waals surface area contributed by atoms with Gasteiger partial charge in [-0.1, -0.05) is 0 Å². The molecule has 0 aromatic heterocycles. The summed E-state index contributed by atoms with van der Waals surface area (Å²) in [5.41, 5.74) is 1.95. The van der Waals surface area contributed by atoms with Crippen LogP contribution in [-0.2, 0) is 0 Å². The molecule has 2 nitrogen and oxygen atoms in total. The number of nitrogens with zero attached hydrogens (tertiary/aromatic N) is 1. The first-order valence-corrected chi connectivity index (χ1v) is 6.22. The van der Waals surface area contributed by atoms with Gasteiger partial charge in [-0.15, -0.1) is 0 Å². The Kier molecular flexibility index (Phi) is 4.54. The zero-order valence-electron chi connectivity index (χ0n) is 6.97. The Bertz CT molecular complexity index is 272. The van der Waals surface area contributed by atoms with Crippen LogP contribution in [-0.4, -0.2) is 53.7 Å². The molecule has 0 unspecified atom stereocenters. The molecule has 0 fully saturated rings. The quantitative estimate of drug-likeness (QED) is 0.740. The number of hydrogen-bond donors (Lipinski definition) is 0. The zero-order chi connectivity index (χ0) is 9.68. The van der Waals surface area contributed by atoms with Gasteiger partial charge in [-0.25, -0.2) is 0 Å². The average Bonchev–Trinajstić information content (AvgIpc) is 2.21. The van der Waals surface area contributed by atoms with Crippen molar-refractivity contribution in [2.75, 3.05) is 10.9 Å². The Morgan fingerprint density at radius 1 is 1.15 bits per heavy atom. The van der Waals surface area contributed by atoms with Crippen molar-refractivity contribution in [3.8, 4) is 0 Å². The van der Waals surface area contributed by atoms with Crippen LogP contribution >= 0.6 is 0 Å². The van der Waals surface area contributed by atoms with Crippen LogP contribution in [0.3, 0.4) is 0 Å². The van der Waals surface area contributed by atoms with E-state index in [0.29, 0.717) is 10.9 Å². The molecule has 0 aliphatic carbocycles. The summed E-state index contributed by atoms with van der Waals surface area (Å²) in [4.78, 5) is 13.4. The number of amides is 1. The summed E-state index contributed by atoms with van der Waals surface area (Å²) in [7, 11) is 0. The van der Waals surface area contributed by atoms with Crippen LogP contribution in [0.15, 0.2) is 30.3 Å². The summed E-state index contributed by atoms with van der Waals surface area (Å²) in [6.07, 6.45) is 0. The van der Waals surface area contributed by atoms with Gasteiger partial charge in [0.2, 0.25) is 0 Å². The zero-order valence-corrected chi connectivity index (χ0v) is 10.4. The summed E-state index contributed by atoms with van der Waals surface area (Å²) in [6.45, 7) is 0. The topological polar surface area (TPSA) is 20.3 Å². The maximum atomic E-state index is 11.7. The Labute approximate surface area is 94.3 Å². The maximum absolute atomic E-state index is 11.7. The van der Waals surface area contributed by atoms with E-state index in [2.05, 4.69) is 32.0 Å². The molecular weight excluding hydrogens is 296 g/mol. The molecule has 0 saturated carbocycles. The van der Waals surface area contributed by atoms with Gasteiger partial charge in [0.15, 0.2) is 0 Å². The van der Waals surface area contributed by atoms with E-state index >= 15 is 0 Å². The van der Waals surface area contributed by atoms with Gasteiger partial charge in [0.1, 0.15) is 0 Å². The molecule has 0 N–H and O–H groups in total. The third-order valence-electron chi connectivity index (χ3n) is 1.62. The van der Waals surface area contributed by atoms with E-state index in [1.165, 1.54) is 0 Å². The van der Waals surface area contributed by atoms with E-state index in [9.17, 15) is 4.79 Å². The molecule has 0 spiro atoms. The average molecular weight is 305 g/mol. The molecule has 68 valence electrons. The molecule has 0 saturated heterocycles. The number of rotatable bonds is 3. The predicted octanol–water partition coefficient (Wildman–Crippen LogP) is 0.381. The first-order chi connectivity index (χ1) is 6.29. The first kappa shape index (κ1) is 10.8. The normalized spacial score (nSPS) is 9.69. The SMILES string of the molecule is O=C(c1ccccc1)N(C[Se])C[Se]. The monoisotopic (exact) mass is 307 g/mol. The van der Waals surface area contributed by atoms with Gasteiger partial charge in [-0.05, 0) is 0 Å². The Balaban J connectivity index is 2.78. The van der Waals surface area contributed by atoms with E-state index in [4.69, 9.17) is 0 Å². The Morgan fingerprint density at radius 3 is 2.15 bits per heavy atom. The van der Waals surface area contributed by atoms with Crippen molar-refractivity contribution in [3.05, 3.63) is 35.9 Å². The van der Waals surface area contributed by atoms with Crippen molar-refractivity contribution in [1.29, 1.82) is 0 Å². The minimum absolute atomic E-state index is 0.0538. The van der Waals surface area contributed by atoms with Gasteiger partial charge in [0.05, 0.1) is 0 Å². The van der Waals surface area contributed by atoms with E-state index in [1.807, 2.05) is 30.3 Å². The molecule has 4 heteroatoms. The second-order valence-electron chi connectivity index (χ2n) is 2.47. The molecule has 0 bridgehead atoms. The summed E-state index contributed by atoms with van der Waals surface area (Å²) in [6, 6.07) is 9.27. The van der Waals surface area contributed by atoms with Gasteiger partial charge in [-0.2, -0.15) is 0 Å². The van der Waals surface area contributed by atoms with Crippen LogP contribution in [0.5, 0.6) is 0 Å². The second kappa shape index (κ2) is 5.46. The van der Waals surface area contributed by atoms with Crippen molar-refractivity contribution >= 4 is 37.9 Å². The molecule has 1 aromatic rings.